The Morgan fingerprint density at radius 1 is 0.867 bits per heavy atom. The third kappa shape index (κ3) is 8.92. The van der Waals surface area contributed by atoms with Gasteiger partial charge in [0.05, 0.1) is 0 Å². The fraction of sp³-hybridized carbons (Fsp3) is 1.00. The Hall–Kier alpha value is -0.0400. The number of hydrogen-bond acceptors (Lipinski definition) is 1. The van der Waals surface area contributed by atoms with Gasteiger partial charge in [0.25, 0.3) is 0 Å². The van der Waals surface area contributed by atoms with E-state index in [2.05, 4.69) is 32.7 Å². The molecule has 0 saturated carbocycles. The molecule has 0 spiro atoms. The van der Waals surface area contributed by atoms with Crippen LogP contribution in [0.4, 0.5) is 0 Å². The van der Waals surface area contributed by atoms with Crippen molar-refractivity contribution in [1.82, 2.24) is 4.90 Å². The molecule has 0 amide bonds. The maximum absolute atomic E-state index is 2.51. The highest BCUT2D eigenvalue weighted by Gasteiger charge is 2.09. The maximum Gasteiger partial charge on any atom is 0.000660 e. The molecule has 92 valence electrons. The third-order valence-electron chi connectivity index (χ3n) is 3.09. The zero-order chi connectivity index (χ0) is 11.5. The normalized spacial score (nSPS) is 13.4. The van der Waals surface area contributed by atoms with Gasteiger partial charge in [-0.05, 0) is 38.8 Å². The van der Waals surface area contributed by atoms with Crippen molar-refractivity contribution in [2.24, 2.45) is 5.92 Å². The fourth-order valence-corrected chi connectivity index (χ4v) is 2.33. The molecule has 1 unspecified atom stereocenters. The molecule has 0 N–H and O–H groups in total. The van der Waals surface area contributed by atoms with Crippen molar-refractivity contribution in [3.63, 3.8) is 0 Å². The molecule has 1 nitrogen and oxygen atoms in total. The van der Waals surface area contributed by atoms with Gasteiger partial charge in [-0.3, -0.25) is 0 Å². The highest BCUT2D eigenvalue weighted by molar-refractivity contribution is 4.63. The van der Waals surface area contributed by atoms with E-state index in [-0.39, 0.29) is 0 Å². The molecule has 0 aliphatic rings. The third-order valence-corrected chi connectivity index (χ3v) is 3.09. The first-order valence-corrected chi connectivity index (χ1v) is 6.93. The lowest BCUT2D eigenvalue weighted by Crippen LogP contribution is -2.26. The average molecular weight is 213 g/mol. The summed E-state index contributed by atoms with van der Waals surface area (Å²) in [7, 11) is 2.27. The Kier molecular flexibility index (Phi) is 10.4. The Morgan fingerprint density at radius 3 is 2.13 bits per heavy atom. The molecular formula is C14H31N. The van der Waals surface area contributed by atoms with Crippen molar-refractivity contribution in [3.05, 3.63) is 0 Å². The van der Waals surface area contributed by atoms with Crippen molar-refractivity contribution < 1.29 is 0 Å². The molecule has 0 rings (SSSR count). The molecule has 0 aliphatic heterocycles. The molecule has 0 bridgehead atoms. The number of hydrogen-bond donors (Lipinski definition) is 0. The molecule has 0 radical (unpaired) electrons. The topological polar surface area (TPSA) is 3.24 Å². The van der Waals surface area contributed by atoms with Crippen molar-refractivity contribution in [2.45, 2.75) is 65.7 Å². The molecule has 0 aliphatic carbocycles. The van der Waals surface area contributed by atoms with Crippen molar-refractivity contribution in [2.75, 3.05) is 20.1 Å². The summed E-state index contributed by atoms with van der Waals surface area (Å²) in [4.78, 5) is 2.51. The molecule has 1 heteroatoms. The average Bonchev–Trinajstić information content (AvgIpc) is 2.18. The van der Waals surface area contributed by atoms with Crippen LogP contribution in [0.15, 0.2) is 0 Å². The number of rotatable bonds is 10. The summed E-state index contributed by atoms with van der Waals surface area (Å²) >= 11 is 0. The summed E-state index contributed by atoms with van der Waals surface area (Å²) < 4.78 is 0. The second-order valence-corrected chi connectivity index (χ2v) is 4.91. The van der Waals surface area contributed by atoms with Crippen LogP contribution in [0.25, 0.3) is 0 Å². The van der Waals surface area contributed by atoms with Gasteiger partial charge in [-0.1, -0.05) is 46.5 Å². The molecule has 0 heterocycles. The predicted octanol–water partition coefficient (Wildman–Crippen LogP) is 4.32. The van der Waals surface area contributed by atoms with Gasteiger partial charge >= 0.3 is 0 Å². The van der Waals surface area contributed by atoms with E-state index in [1.165, 1.54) is 58.0 Å². The van der Waals surface area contributed by atoms with Crippen molar-refractivity contribution >= 4 is 0 Å². The number of unbranched alkanes of at least 4 members (excludes halogenated alkanes) is 2. The van der Waals surface area contributed by atoms with Gasteiger partial charge in [-0.15, -0.1) is 0 Å². The highest BCUT2D eigenvalue weighted by Crippen LogP contribution is 2.16. The Balaban J connectivity index is 3.70. The lowest BCUT2D eigenvalue weighted by molar-refractivity contribution is 0.253. The quantitative estimate of drug-likeness (QED) is 0.488. The SMILES string of the molecule is CCCCCC(CCC)CN(C)CCC. The van der Waals surface area contributed by atoms with Crippen LogP contribution in [0.1, 0.15) is 65.7 Å². The van der Waals surface area contributed by atoms with Crippen LogP contribution in [-0.2, 0) is 0 Å². The van der Waals surface area contributed by atoms with E-state index in [9.17, 15) is 0 Å². The van der Waals surface area contributed by atoms with Crippen molar-refractivity contribution in [1.29, 1.82) is 0 Å². The zero-order valence-corrected chi connectivity index (χ0v) is 11.4. The molecule has 0 aromatic heterocycles. The molecule has 0 fully saturated rings. The van der Waals surface area contributed by atoms with Gasteiger partial charge in [0.15, 0.2) is 0 Å². The standard InChI is InChI=1S/C14H31N/c1-5-8-9-11-14(10-6-2)13-15(4)12-7-3/h14H,5-13H2,1-4H3. The van der Waals surface area contributed by atoms with Crippen molar-refractivity contribution in [3.8, 4) is 0 Å². The van der Waals surface area contributed by atoms with Crippen LogP contribution >= 0.6 is 0 Å². The molecule has 15 heavy (non-hydrogen) atoms. The summed E-state index contributed by atoms with van der Waals surface area (Å²) in [6, 6.07) is 0. The van der Waals surface area contributed by atoms with Crippen LogP contribution in [0.3, 0.4) is 0 Å². The zero-order valence-electron chi connectivity index (χ0n) is 11.4. The molecular weight excluding hydrogens is 182 g/mol. The predicted molar refractivity (Wildman–Crippen MR) is 70.3 cm³/mol. The van der Waals surface area contributed by atoms with E-state index in [1.807, 2.05) is 0 Å². The van der Waals surface area contributed by atoms with Crippen LogP contribution in [0, 0.1) is 5.92 Å². The van der Waals surface area contributed by atoms with Gasteiger partial charge in [0.2, 0.25) is 0 Å². The van der Waals surface area contributed by atoms with Gasteiger partial charge in [-0.2, -0.15) is 0 Å². The molecule has 0 aromatic rings. The van der Waals surface area contributed by atoms with Crippen LogP contribution in [-0.4, -0.2) is 25.0 Å². The Morgan fingerprint density at radius 2 is 1.60 bits per heavy atom. The highest BCUT2D eigenvalue weighted by atomic mass is 15.1. The van der Waals surface area contributed by atoms with E-state index in [0.717, 1.165) is 5.92 Å². The lowest BCUT2D eigenvalue weighted by atomic mass is 9.96. The monoisotopic (exact) mass is 213 g/mol. The summed E-state index contributed by atoms with van der Waals surface area (Å²) in [6.07, 6.45) is 9.68. The van der Waals surface area contributed by atoms with E-state index >= 15 is 0 Å². The molecule has 0 saturated heterocycles. The fourth-order valence-electron chi connectivity index (χ4n) is 2.33. The summed E-state index contributed by atoms with van der Waals surface area (Å²) in [5, 5.41) is 0. The van der Waals surface area contributed by atoms with Gasteiger partial charge < -0.3 is 4.90 Å². The minimum atomic E-state index is 0.943. The summed E-state index contributed by atoms with van der Waals surface area (Å²) in [5.74, 6) is 0.943. The van der Waals surface area contributed by atoms with E-state index in [4.69, 9.17) is 0 Å². The maximum atomic E-state index is 2.51. The first-order valence-electron chi connectivity index (χ1n) is 6.93. The second-order valence-electron chi connectivity index (χ2n) is 4.91. The minimum Gasteiger partial charge on any atom is -0.306 e. The van der Waals surface area contributed by atoms with Gasteiger partial charge in [0.1, 0.15) is 0 Å². The number of nitrogens with zero attached hydrogens (tertiary/aromatic N) is 1. The van der Waals surface area contributed by atoms with E-state index < -0.39 is 0 Å². The van der Waals surface area contributed by atoms with Gasteiger partial charge in [-0.25, -0.2) is 0 Å². The van der Waals surface area contributed by atoms with Crippen LogP contribution in [0.5, 0.6) is 0 Å². The Bertz CT molecular complexity index is 123. The Labute approximate surface area is 97.2 Å². The smallest absolute Gasteiger partial charge is 0.000660 e. The van der Waals surface area contributed by atoms with Crippen LogP contribution < -0.4 is 0 Å². The van der Waals surface area contributed by atoms with Gasteiger partial charge in [0, 0.05) is 6.54 Å². The minimum absolute atomic E-state index is 0.943. The van der Waals surface area contributed by atoms with Crippen LogP contribution in [0.2, 0.25) is 0 Å². The van der Waals surface area contributed by atoms with E-state index in [1.54, 1.807) is 0 Å². The second kappa shape index (κ2) is 10.5. The summed E-state index contributed by atoms with van der Waals surface area (Å²) in [5.41, 5.74) is 0. The summed E-state index contributed by atoms with van der Waals surface area (Å²) in [6.45, 7) is 9.44. The largest absolute Gasteiger partial charge is 0.306 e. The molecule has 0 aromatic carbocycles. The van der Waals surface area contributed by atoms with E-state index in [0.29, 0.717) is 0 Å². The first kappa shape index (κ1) is 15.0. The molecule has 1 atom stereocenters. The lowest BCUT2D eigenvalue weighted by Gasteiger charge is -2.23. The first-order chi connectivity index (χ1) is 7.24.